The maximum Gasteiger partial charge on any atom is 0.240 e. The zero-order valence-corrected chi connectivity index (χ0v) is 10.1. The first-order chi connectivity index (χ1) is 7.62. The van der Waals surface area contributed by atoms with Gasteiger partial charge >= 0.3 is 0 Å². The van der Waals surface area contributed by atoms with Crippen LogP contribution in [0.15, 0.2) is 0 Å². The molecule has 1 rings (SSSR count). The van der Waals surface area contributed by atoms with Crippen LogP contribution in [0.4, 0.5) is 0 Å². The zero-order valence-electron chi connectivity index (χ0n) is 10.1. The molecule has 0 atom stereocenters. The predicted octanol–water partition coefficient (Wildman–Crippen LogP) is 0.383. The summed E-state index contributed by atoms with van der Waals surface area (Å²) >= 11 is 0. The third-order valence-corrected chi connectivity index (χ3v) is 3.15. The van der Waals surface area contributed by atoms with Gasteiger partial charge in [-0.15, -0.1) is 0 Å². The van der Waals surface area contributed by atoms with E-state index in [1.807, 2.05) is 0 Å². The van der Waals surface area contributed by atoms with Gasteiger partial charge in [-0.05, 0) is 12.8 Å². The molecule has 0 bridgehead atoms. The van der Waals surface area contributed by atoms with E-state index in [0.717, 1.165) is 25.7 Å². The summed E-state index contributed by atoms with van der Waals surface area (Å²) in [7, 11) is 3.08. The van der Waals surface area contributed by atoms with Crippen molar-refractivity contribution < 1.29 is 14.3 Å². The van der Waals surface area contributed by atoms with Gasteiger partial charge in [0.2, 0.25) is 5.91 Å². The lowest BCUT2D eigenvalue weighted by atomic mass is 9.82. The summed E-state index contributed by atoms with van der Waals surface area (Å²) in [6, 6.07) is 0. The van der Waals surface area contributed by atoms with Crippen molar-refractivity contribution in [3.8, 4) is 0 Å². The Morgan fingerprint density at radius 3 is 2.38 bits per heavy atom. The van der Waals surface area contributed by atoms with Crippen LogP contribution in [0.1, 0.15) is 32.1 Å². The van der Waals surface area contributed by atoms with Gasteiger partial charge in [0.15, 0.2) is 6.29 Å². The molecule has 0 saturated heterocycles. The molecule has 0 spiro atoms. The lowest BCUT2D eigenvalue weighted by Gasteiger charge is -2.32. The Kier molecular flexibility index (Phi) is 5.18. The average Bonchev–Trinajstić information content (AvgIpc) is 2.31. The quantitative estimate of drug-likeness (QED) is 0.670. The third-order valence-electron chi connectivity index (χ3n) is 3.15. The molecule has 0 aliphatic heterocycles. The Hall–Kier alpha value is -0.650. The largest absolute Gasteiger partial charge is 0.354 e. The summed E-state index contributed by atoms with van der Waals surface area (Å²) in [6.45, 7) is 0.338. The monoisotopic (exact) mass is 230 g/mol. The minimum absolute atomic E-state index is 0.0914. The van der Waals surface area contributed by atoms with Gasteiger partial charge in [0.25, 0.3) is 0 Å². The Balaban J connectivity index is 2.38. The number of nitrogens with two attached hydrogens (primary N) is 1. The van der Waals surface area contributed by atoms with Gasteiger partial charge in [-0.2, -0.15) is 0 Å². The van der Waals surface area contributed by atoms with E-state index in [1.165, 1.54) is 6.42 Å². The molecule has 1 saturated carbocycles. The molecule has 94 valence electrons. The van der Waals surface area contributed by atoms with E-state index < -0.39 is 11.8 Å². The molecule has 0 heterocycles. The number of hydrogen-bond acceptors (Lipinski definition) is 4. The van der Waals surface area contributed by atoms with Crippen LogP contribution in [0, 0.1) is 0 Å². The van der Waals surface area contributed by atoms with Crippen molar-refractivity contribution in [3.63, 3.8) is 0 Å². The number of carbonyl (C=O) groups is 1. The maximum atomic E-state index is 11.9. The van der Waals surface area contributed by atoms with Gasteiger partial charge < -0.3 is 20.5 Å². The van der Waals surface area contributed by atoms with Gasteiger partial charge in [0, 0.05) is 14.2 Å². The van der Waals surface area contributed by atoms with Crippen LogP contribution in [0.3, 0.4) is 0 Å². The molecule has 0 aromatic heterocycles. The van der Waals surface area contributed by atoms with Crippen LogP contribution < -0.4 is 11.1 Å². The molecule has 1 fully saturated rings. The van der Waals surface area contributed by atoms with Crippen LogP contribution in [-0.2, 0) is 14.3 Å². The summed E-state index contributed by atoms with van der Waals surface area (Å²) in [5, 5.41) is 2.78. The normalized spacial score (nSPS) is 19.8. The minimum atomic E-state index is -0.690. The van der Waals surface area contributed by atoms with Crippen LogP contribution in [0.5, 0.6) is 0 Å². The topological polar surface area (TPSA) is 73.6 Å². The zero-order chi connectivity index (χ0) is 12.0. The lowest BCUT2D eigenvalue weighted by Crippen LogP contribution is -2.56. The molecule has 0 aromatic carbocycles. The molecule has 1 amide bonds. The highest BCUT2D eigenvalue weighted by molar-refractivity contribution is 5.86. The highest BCUT2D eigenvalue weighted by Crippen LogP contribution is 2.25. The number of hydrogen-bond donors (Lipinski definition) is 2. The summed E-state index contributed by atoms with van der Waals surface area (Å²) in [6.07, 6.45) is 4.36. The molecule has 0 unspecified atom stereocenters. The standard InChI is InChI=1S/C11H22N2O3/c1-15-9(16-2)8-13-10(14)11(12)6-4-3-5-7-11/h9H,3-8,12H2,1-2H3,(H,13,14). The summed E-state index contributed by atoms with van der Waals surface area (Å²) in [5.74, 6) is -0.0914. The van der Waals surface area contributed by atoms with E-state index in [0.29, 0.717) is 6.54 Å². The van der Waals surface area contributed by atoms with E-state index >= 15 is 0 Å². The van der Waals surface area contributed by atoms with Crippen molar-refractivity contribution in [1.29, 1.82) is 0 Å². The SMILES string of the molecule is COC(CNC(=O)C1(N)CCCCC1)OC. The predicted molar refractivity (Wildman–Crippen MR) is 60.8 cm³/mol. The van der Waals surface area contributed by atoms with Crippen molar-refractivity contribution in [3.05, 3.63) is 0 Å². The second-order valence-electron chi connectivity index (χ2n) is 4.33. The number of amides is 1. The average molecular weight is 230 g/mol. The summed E-state index contributed by atoms with van der Waals surface area (Å²) in [4.78, 5) is 11.9. The summed E-state index contributed by atoms with van der Waals surface area (Å²) in [5.41, 5.74) is 5.39. The smallest absolute Gasteiger partial charge is 0.240 e. The highest BCUT2D eigenvalue weighted by atomic mass is 16.7. The molecule has 1 aliphatic carbocycles. The van der Waals surface area contributed by atoms with Crippen molar-refractivity contribution in [2.45, 2.75) is 43.9 Å². The Labute approximate surface area is 96.7 Å². The van der Waals surface area contributed by atoms with Crippen LogP contribution >= 0.6 is 0 Å². The molecule has 3 N–H and O–H groups in total. The van der Waals surface area contributed by atoms with Crippen molar-refractivity contribution in [2.75, 3.05) is 20.8 Å². The first-order valence-electron chi connectivity index (χ1n) is 5.75. The van der Waals surface area contributed by atoms with E-state index in [1.54, 1.807) is 14.2 Å². The summed E-state index contributed by atoms with van der Waals surface area (Å²) < 4.78 is 9.98. The number of nitrogens with one attached hydrogen (secondary N) is 1. The van der Waals surface area contributed by atoms with Gasteiger partial charge in [-0.25, -0.2) is 0 Å². The fraction of sp³-hybridized carbons (Fsp3) is 0.909. The molecular weight excluding hydrogens is 208 g/mol. The molecule has 5 nitrogen and oxygen atoms in total. The van der Waals surface area contributed by atoms with Crippen molar-refractivity contribution in [2.24, 2.45) is 5.73 Å². The molecular formula is C11H22N2O3. The third kappa shape index (κ3) is 3.43. The second kappa shape index (κ2) is 6.18. The van der Waals surface area contributed by atoms with Crippen LogP contribution in [0.25, 0.3) is 0 Å². The van der Waals surface area contributed by atoms with Gasteiger partial charge in [0.1, 0.15) is 0 Å². The van der Waals surface area contributed by atoms with Crippen LogP contribution in [-0.4, -0.2) is 38.5 Å². The molecule has 0 radical (unpaired) electrons. The molecule has 16 heavy (non-hydrogen) atoms. The molecule has 1 aliphatic rings. The Morgan fingerprint density at radius 2 is 1.88 bits per heavy atom. The Morgan fingerprint density at radius 1 is 1.31 bits per heavy atom. The number of rotatable bonds is 5. The fourth-order valence-electron chi connectivity index (χ4n) is 2.02. The molecule has 0 aromatic rings. The highest BCUT2D eigenvalue weighted by Gasteiger charge is 2.35. The first-order valence-corrected chi connectivity index (χ1v) is 5.75. The second-order valence-corrected chi connectivity index (χ2v) is 4.33. The van der Waals surface area contributed by atoms with Crippen molar-refractivity contribution in [1.82, 2.24) is 5.32 Å². The van der Waals surface area contributed by atoms with Crippen LogP contribution in [0.2, 0.25) is 0 Å². The minimum Gasteiger partial charge on any atom is -0.354 e. The van der Waals surface area contributed by atoms with Crippen molar-refractivity contribution >= 4 is 5.91 Å². The van der Waals surface area contributed by atoms with Gasteiger partial charge in [-0.1, -0.05) is 19.3 Å². The maximum absolute atomic E-state index is 11.9. The van der Waals surface area contributed by atoms with E-state index in [-0.39, 0.29) is 5.91 Å². The van der Waals surface area contributed by atoms with E-state index in [2.05, 4.69) is 5.32 Å². The van der Waals surface area contributed by atoms with E-state index in [9.17, 15) is 4.79 Å². The lowest BCUT2D eigenvalue weighted by molar-refractivity contribution is -0.133. The Bertz CT molecular complexity index is 223. The fourth-order valence-corrected chi connectivity index (χ4v) is 2.02. The molecule has 5 heteroatoms. The number of methoxy groups -OCH3 is 2. The van der Waals surface area contributed by atoms with Gasteiger partial charge in [-0.3, -0.25) is 4.79 Å². The number of carbonyl (C=O) groups excluding carboxylic acids is 1. The first kappa shape index (κ1) is 13.4. The number of ether oxygens (including phenoxy) is 2. The van der Waals surface area contributed by atoms with E-state index in [4.69, 9.17) is 15.2 Å². The van der Waals surface area contributed by atoms with Gasteiger partial charge in [0.05, 0.1) is 12.1 Å².